The minimum atomic E-state index is -0.654. The standard InChI is InChI=1S/C31H31F2N5O3/c1-22-11-12-24(19-27(22)33)38-20-28(23-7-3-2-4-8-23)34-31(38)35-29(39)21-37(14-13-36-15-17-41-18-16-36)30(40)25-9-5-6-10-26(25)32/h2-12,19-20H,13-18,21H2,1H3,(H,34,35,39). The lowest BCUT2D eigenvalue weighted by Crippen LogP contribution is -2.45. The van der Waals surface area contributed by atoms with Gasteiger partial charge in [-0.1, -0.05) is 48.5 Å². The number of ether oxygens (including phenoxy) is 1. The third-order valence-electron chi connectivity index (χ3n) is 6.98. The average molecular weight is 560 g/mol. The van der Waals surface area contributed by atoms with Gasteiger partial charge in [-0.2, -0.15) is 0 Å². The fourth-order valence-corrected chi connectivity index (χ4v) is 4.63. The van der Waals surface area contributed by atoms with E-state index in [1.54, 1.807) is 35.9 Å². The first-order valence-corrected chi connectivity index (χ1v) is 13.4. The fraction of sp³-hybridized carbons (Fsp3) is 0.258. The van der Waals surface area contributed by atoms with Gasteiger partial charge < -0.3 is 9.64 Å². The molecule has 4 aromatic rings. The minimum Gasteiger partial charge on any atom is -0.379 e. The Labute approximate surface area is 237 Å². The van der Waals surface area contributed by atoms with Crippen molar-refractivity contribution in [1.82, 2.24) is 19.4 Å². The van der Waals surface area contributed by atoms with Gasteiger partial charge in [0.2, 0.25) is 11.9 Å². The highest BCUT2D eigenvalue weighted by Crippen LogP contribution is 2.25. The first-order valence-electron chi connectivity index (χ1n) is 13.4. The van der Waals surface area contributed by atoms with Gasteiger partial charge in [0.25, 0.3) is 5.91 Å². The molecule has 3 aromatic carbocycles. The van der Waals surface area contributed by atoms with E-state index in [-0.39, 0.29) is 30.4 Å². The van der Waals surface area contributed by atoms with E-state index in [9.17, 15) is 18.4 Å². The largest absolute Gasteiger partial charge is 0.379 e. The number of carbonyl (C=O) groups excluding carboxylic acids is 2. The molecule has 1 saturated heterocycles. The number of hydrogen-bond acceptors (Lipinski definition) is 5. The maximum Gasteiger partial charge on any atom is 0.257 e. The number of aryl methyl sites for hydroxylation is 1. The van der Waals surface area contributed by atoms with E-state index < -0.39 is 17.6 Å². The number of imidazole rings is 1. The van der Waals surface area contributed by atoms with E-state index in [1.807, 2.05) is 30.3 Å². The van der Waals surface area contributed by atoms with Crippen molar-refractivity contribution in [3.63, 3.8) is 0 Å². The number of aromatic nitrogens is 2. The molecule has 1 aliphatic heterocycles. The van der Waals surface area contributed by atoms with Crippen LogP contribution in [0.5, 0.6) is 0 Å². The van der Waals surface area contributed by atoms with Crippen molar-refractivity contribution >= 4 is 17.8 Å². The highest BCUT2D eigenvalue weighted by molar-refractivity contribution is 5.99. The van der Waals surface area contributed by atoms with Crippen LogP contribution >= 0.6 is 0 Å². The average Bonchev–Trinajstić information content (AvgIpc) is 3.41. The van der Waals surface area contributed by atoms with Gasteiger partial charge in [-0.05, 0) is 36.8 Å². The van der Waals surface area contributed by atoms with Gasteiger partial charge in [0.15, 0.2) is 0 Å². The van der Waals surface area contributed by atoms with Crippen LogP contribution < -0.4 is 5.32 Å². The molecule has 0 atom stereocenters. The summed E-state index contributed by atoms with van der Waals surface area (Å²) >= 11 is 0. The van der Waals surface area contributed by atoms with Crippen molar-refractivity contribution in [3.05, 3.63) is 102 Å². The maximum absolute atomic E-state index is 14.5. The predicted octanol–water partition coefficient (Wildman–Crippen LogP) is 4.54. The second-order valence-corrected chi connectivity index (χ2v) is 9.83. The number of amides is 2. The van der Waals surface area contributed by atoms with E-state index >= 15 is 0 Å². The molecule has 41 heavy (non-hydrogen) atoms. The molecule has 0 unspecified atom stereocenters. The van der Waals surface area contributed by atoms with E-state index in [2.05, 4.69) is 15.2 Å². The predicted molar refractivity (Wildman–Crippen MR) is 152 cm³/mol. The second kappa shape index (κ2) is 12.8. The molecule has 0 bridgehead atoms. The van der Waals surface area contributed by atoms with Crippen molar-refractivity contribution in [3.8, 4) is 16.9 Å². The number of benzene rings is 3. The number of hydrogen-bond donors (Lipinski definition) is 1. The Balaban J connectivity index is 1.40. The van der Waals surface area contributed by atoms with Crippen molar-refractivity contribution in [2.24, 2.45) is 0 Å². The van der Waals surface area contributed by atoms with Crippen LogP contribution in [0.4, 0.5) is 14.7 Å². The molecule has 1 N–H and O–H groups in total. The third-order valence-corrected chi connectivity index (χ3v) is 6.98. The molecule has 8 nitrogen and oxygen atoms in total. The SMILES string of the molecule is Cc1ccc(-n2cc(-c3ccccc3)nc2NC(=O)CN(CCN2CCOCC2)C(=O)c2ccccc2F)cc1F. The second-order valence-electron chi connectivity index (χ2n) is 9.83. The zero-order valence-corrected chi connectivity index (χ0v) is 22.7. The van der Waals surface area contributed by atoms with Gasteiger partial charge >= 0.3 is 0 Å². The molecule has 0 spiro atoms. The van der Waals surface area contributed by atoms with Crippen LogP contribution in [0.2, 0.25) is 0 Å². The Morgan fingerprint density at radius 2 is 1.71 bits per heavy atom. The first kappa shape index (κ1) is 28.1. The monoisotopic (exact) mass is 559 g/mol. The third kappa shape index (κ3) is 6.85. The van der Waals surface area contributed by atoms with E-state index in [1.165, 1.54) is 29.2 Å². The van der Waals surface area contributed by atoms with Crippen molar-refractivity contribution in [2.45, 2.75) is 6.92 Å². The first-order chi connectivity index (χ1) is 19.9. The molecule has 1 aromatic heterocycles. The quantitative estimate of drug-likeness (QED) is 0.326. The van der Waals surface area contributed by atoms with Crippen molar-refractivity contribution in [1.29, 1.82) is 0 Å². The molecule has 0 saturated carbocycles. The molecule has 2 amide bonds. The van der Waals surface area contributed by atoms with Crippen LogP contribution in [-0.4, -0.2) is 77.1 Å². The number of halogens is 2. The van der Waals surface area contributed by atoms with Crippen LogP contribution in [0.3, 0.4) is 0 Å². The number of rotatable bonds is 9. The Morgan fingerprint density at radius 1 is 0.976 bits per heavy atom. The summed E-state index contributed by atoms with van der Waals surface area (Å²) in [6.45, 7) is 4.67. The Hall–Kier alpha value is -4.41. The minimum absolute atomic E-state index is 0.106. The van der Waals surface area contributed by atoms with E-state index in [4.69, 9.17) is 4.74 Å². The smallest absolute Gasteiger partial charge is 0.257 e. The summed E-state index contributed by atoms with van der Waals surface area (Å²) in [6.07, 6.45) is 1.72. The zero-order valence-electron chi connectivity index (χ0n) is 22.7. The normalized spacial score (nSPS) is 13.6. The Bertz CT molecular complexity index is 1520. The van der Waals surface area contributed by atoms with Crippen LogP contribution in [0.1, 0.15) is 15.9 Å². The maximum atomic E-state index is 14.5. The molecule has 1 aliphatic rings. The molecule has 2 heterocycles. The molecule has 1 fully saturated rings. The lowest BCUT2D eigenvalue weighted by molar-refractivity contribution is -0.117. The number of carbonyl (C=O) groups is 2. The van der Waals surface area contributed by atoms with Crippen LogP contribution in [-0.2, 0) is 9.53 Å². The van der Waals surface area contributed by atoms with Gasteiger partial charge in [-0.15, -0.1) is 0 Å². The summed E-state index contributed by atoms with van der Waals surface area (Å²) in [4.78, 5) is 34.8. The Kier molecular flexibility index (Phi) is 8.81. The summed E-state index contributed by atoms with van der Waals surface area (Å²) in [5, 5.41) is 2.79. The van der Waals surface area contributed by atoms with Crippen LogP contribution in [0.25, 0.3) is 16.9 Å². The van der Waals surface area contributed by atoms with E-state index in [0.29, 0.717) is 49.8 Å². The summed E-state index contributed by atoms with van der Waals surface area (Å²) in [5.41, 5.74) is 2.25. The van der Waals surface area contributed by atoms with Gasteiger partial charge in [-0.3, -0.25) is 24.4 Å². The number of nitrogens with one attached hydrogen (secondary N) is 1. The van der Waals surface area contributed by atoms with Gasteiger partial charge in [0, 0.05) is 37.9 Å². The fourth-order valence-electron chi connectivity index (χ4n) is 4.63. The molecular weight excluding hydrogens is 528 g/mol. The van der Waals surface area contributed by atoms with Crippen LogP contribution in [0, 0.1) is 18.6 Å². The highest BCUT2D eigenvalue weighted by Gasteiger charge is 2.24. The van der Waals surface area contributed by atoms with Crippen molar-refractivity contribution < 1.29 is 23.1 Å². The highest BCUT2D eigenvalue weighted by atomic mass is 19.1. The van der Waals surface area contributed by atoms with Gasteiger partial charge in [-0.25, -0.2) is 13.8 Å². The molecule has 212 valence electrons. The van der Waals surface area contributed by atoms with Crippen LogP contribution in [0.15, 0.2) is 79.0 Å². The molecule has 10 heteroatoms. The molecule has 0 radical (unpaired) electrons. The number of morpholine rings is 1. The lowest BCUT2D eigenvalue weighted by Gasteiger charge is -2.30. The molecule has 0 aliphatic carbocycles. The van der Waals surface area contributed by atoms with Gasteiger partial charge in [0.05, 0.1) is 30.2 Å². The summed E-state index contributed by atoms with van der Waals surface area (Å²) in [6, 6.07) is 19.9. The number of anilines is 1. The lowest BCUT2D eigenvalue weighted by atomic mass is 10.2. The summed E-state index contributed by atoms with van der Waals surface area (Å²) in [5.74, 6) is -1.97. The summed E-state index contributed by atoms with van der Waals surface area (Å²) < 4.78 is 36.0. The number of nitrogens with zero attached hydrogens (tertiary/aromatic N) is 4. The van der Waals surface area contributed by atoms with Crippen molar-refractivity contribution in [2.75, 3.05) is 51.3 Å². The molecule has 5 rings (SSSR count). The Morgan fingerprint density at radius 3 is 2.44 bits per heavy atom. The topological polar surface area (TPSA) is 79.7 Å². The zero-order chi connectivity index (χ0) is 28.8. The summed E-state index contributed by atoms with van der Waals surface area (Å²) in [7, 11) is 0. The van der Waals surface area contributed by atoms with Gasteiger partial charge in [0.1, 0.15) is 18.2 Å². The molecular formula is C31H31F2N5O3. The van der Waals surface area contributed by atoms with E-state index in [0.717, 1.165) is 5.56 Å².